The molecule has 0 aliphatic carbocycles. The zero-order valence-corrected chi connectivity index (χ0v) is 19.7. The van der Waals surface area contributed by atoms with Crippen molar-refractivity contribution in [1.29, 1.82) is 0 Å². The van der Waals surface area contributed by atoms with Crippen molar-refractivity contribution >= 4 is 16.7 Å². The maximum Gasteiger partial charge on any atom is 0.273 e. The summed E-state index contributed by atoms with van der Waals surface area (Å²) < 4.78 is 63.9. The molecule has 0 saturated heterocycles. The van der Waals surface area contributed by atoms with Gasteiger partial charge in [0, 0.05) is 44.7 Å². The second kappa shape index (κ2) is 10.9. The van der Waals surface area contributed by atoms with Crippen LogP contribution in [0.15, 0.2) is 30.3 Å². The number of ether oxygens (including phenoxy) is 4. The fraction of sp³-hybridized carbons (Fsp3) is 0.417. The van der Waals surface area contributed by atoms with Gasteiger partial charge in [-0.2, -0.15) is 0 Å². The zero-order chi connectivity index (χ0) is 24.9. The van der Waals surface area contributed by atoms with Crippen molar-refractivity contribution in [3.63, 3.8) is 0 Å². The third-order valence-corrected chi connectivity index (χ3v) is 5.20. The Bertz CT molecular complexity index is 1140. The van der Waals surface area contributed by atoms with E-state index in [1.54, 1.807) is 33.3 Å². The van der Waals surface area contributed by atoms with Crippen LogP contribution in [0.25, 0.3) is 10.9 Å². The van der Waals surface area contributed by atoms with E-state index in [-0.39, 0.29) is 24.8 Å². The van der Waals surface area contributed by atoms with E-state index < -0.39 is 17.3 Å². The molecule has 0 amide bonds. The molecule has 1 heterocycles. The molecule has 0 fully saturated rings. The minimum atomic E-state index is -3.29. The molecule has 1 atom stereocenters. The van der Waals surface area contributed by atoms with Crippen LogP contribution in [-0.2, 0) is 21.9 Å². The Hall–Kier alpha value is -3.11. The molecule has 0 aliphatic heterocycles. The average molecular weight is 479 g/mol. The van der Waals surface area contributed by atoms with Gasteiger partial charge < -0.3 is 24.3 Å². The number of aromatic nitrogens is 2. The number of halogens is 3. The molecular weight excluding hydrogens is 451 g/mol. The summed E-state index contributed by atoms with van der Waals surface area (Å²) in [6.07, 6.45) is -0.288. The first-order valence-corrected chi connectivity index (χ1v) is 10.6. The lowest BCUT2D eigenvalue weighted by Gasteiger charge is -2.18. The van der Waals surface area contributed by atoms with Crippen molar-refractivity contribution < 1.29 is 32.1 Å². The predicted molar refractivity (Wildman–Crippen MR) is 122 cm³/mol. The summed E-state index contributed by atoms with van der Waals surface area (Å²) in [6.45, 7) is 2.89. The van der Waals surface area contributed by atoms with E-state index in [9.17, 15) is 13.2 Å². The molecule has 0 aliphatic rings. The molecule has 7 nitrogen and oxygen atoms in total. The summed E-state index contributed by atoms with van der Waals surface area (Å²) in [5.41, 5.74) is 0.0179. The predicted octanol–water partition coefficient (Wildman–Crippen LogP) is 4.85. The minimum Gasteiger partial charge on any atom is -0.493 e. The molecule has 3 aromatic rings. The summed E-state index contributed by atoms with van der Waals surface area (Å²) in [5, 5.41) is 3.65. The van der Waals surface area contributed by atoms with Crippen LogP contribution in [0.2, 0.25) is 0 Å². The van der Waals surface area contributed by atoms with Gasteiger partial charge in [0.2, 0.25) is 0 Å². The van der Waals surface area contributed by atoms with Crippen LogP contribution >= 0.6 is 0 Å². The highest BCUT2D eigenvalue weighted by Crippen LogP contribution is 2.35. The van der Waals surface area contributed by atoms with Crippen LogP contribution in [-0.4, -0.2) is 50.6 Å². The monoisotopic (exact) mass is 479 g/mol. The Morgan fingerprint density at radius 2 is 1.82 bits per heavy atom. The Morgan fingerprint density at radius 1 is 1.06 bits per heavy atom. The lowest BCUT2D eigenvalue weighted by molar-refractivity contribution is 0.000451. The van der Waals surface area contributed by atoms with E-state index in [0.29, 0.717) is 47.6 Å². The SMILES string of the molecule is COCC(COc1cc2c(NCc3cccc(C(C)(F)F)c3F)nc(C)nc2cc1OC)OC. The van der Waals surface area contributed by atoms with Crippen molar-refractivity contribution in [2.75, 3.05) is 39.9 Å². The average Bonchev–Trinajstić information content (AvgIpc) is 2.79. The summed E-state index contributed by atoms with van der Waals surface area (Å²) in [6, 6.07) is 7.35. The second-order valence-corrected chi connectivity index (χ2v) is 7.78. The normalized spacial score (nSPS) is 12.6. The lowest BCUT2D eigenvalue weighted by Crippen LogP contribution is -2.25. The van der Waals surface area contributed by atoms with E-state index >= 15 is 0 Å². The summed E-state index contributed by atoms with van der Waals surface area (Å²) in [5.74, 6) is -2.46. The van der Waals surface area contributed by atoms with E-state index in [1.807, 2.05) is 0 Å². The van der Waals surface area contributed by atoms with E-state index in [4.69, 9.17) is 18.9 Å². The molecule has 1 unspecified atom stereocenters. The van der Waals surface area contributed by atoms with E-state index in [1.165, 1.54) is 19.2 Å². The van der Waals surface area contributed by atoms with Crippen molar-refractivity contribution in [2.24, 2.45) is 0 Å². The molecule has 2 aromatic carbocycles. The Balaban J connectivity index is 1.93. The maximum absolute atomic E-state index is 14.7. The van der Waals surface area contributed by atoms with Gasteiger partial charge in [-0.3, -0.25) is 0 Å². The quantitative estimate of drug-likeness (QED) is 0.421. The molecule has 0 saturated carbocycles. The largest absolute Gasteiger partial charge is 0.493 e. The molecule has 10 heteroatoms. The van der Waals surface area contributed by atoms with Crippen molar-refractivity contribution in [3.05, 3.63) is 53.1 Å². The lowest BCUT2D eigenvalue weighted by atomic mass is 10.0. The first-order chi connectivity index (χ1) is 16.2. The van der Waals surface area contributed by atoms with Crippen LogP contribution in [0.5, 0.6) is 11.5 Å². The second-order valence-electron chi connectivity index (χ2n) is 7.78. The van der Waals surface area contributed by atoms with Crippen LogP contribution in [0.3, 0.4) is 0 Å². The molecule has 0 bridgehead atoms. The summed E-state index contributed by atoms with van der Waals surface area (Å²) >= 11 is 0. The number of methoxy groups -OCH3 is 3. The van der Waals surface area contributed by atoms with Crippen molar-refractivity contribution in [1.82, 2.24) is 9.97 Å². The highest BCUT2D eigenvalue weighted by molar-refractivity contribution is 5.91. The number of nitrogens with one attached hydrogen (secondary N) is 1. The molecule has 184 valence electrons. The minimum absolute atomic E-state index is 0.0525. The smallest absolute Gasteiger partial charge is 0.273 e. The Labute approximate surface area is 196 Å². The van der Waals surface area contributed by atoms with Gasteiger partial charge in [-0.25, -0.2) is 23.1 Å². The topological polar surface area (TPSA) is 74.7 Å². The van der Waals surface area contributed by atoms with Crippen LogP contribution in [0, 0.1) is 12.7 Å². The number of hydrogen-bond donors (Lipinski definition) is 1. The van der Waals surface area contributed by atoms with Crippen molar-refractivity contribution in [2.45, 2.75) is 32.4 Å². The van der Waals surface area contributed by atoms with Gasteiger partial charge in [0.15, 0.2) is 11.5 Å². The van der Waals surface area contributed by atoms with Gasteiger partial charge in [0.25, 0.3) is 5.92 Å². The zero-order valence-electron chi connectivity index (χ0n) is 19.7. The Morgan fingerprint density at radius 3 is 2.47 bits per heavy atom. The molecular formula is C24H28F3N3O4. The molecule has 0 spiro atoms. The number of rotatable bonds is 11. The Kier molecular flexibility index (Phi) is 8.16. The van der Waals surface area contributed by atoms with E-state index in [2.05, 4.69) is 15.3 Å². The van der Waals surface area contributed by atoms with Gasteiger partial charge in [-0.05, 0) is 13.0 Å². The number of anilines is 1. The highest BCUT2D eigenvalue weighted by atomic mass is 19.3. The van der Waals surface area contributed by atoms with Crippen LogP contribution in [0.4, 0.5) is 19.0 Å². The maximum atomic E-state index is 14.7. The third-order valence-electron chi connectivity index (χ3n) is 5.20. The third kappa shape index (κ3) is 5.87. The fourth-order valence-electron chi connectivity index (χ4n) is 3.45. The van der Waals surface area contributed by atoms with Crippen LogP contribution in [0.1, 0.15) is 23.9 Å². The molecule has 0 radical (unpaired) electrons. The first kappa shape index (κ1) is 25.5. The molecule has 1 N–H and O–H groups in total. The van der Waals surface area contributed by atoms with Gasteiger partial charge in [0.05, 0.1) is 24.8 Å². The number of benzene rings is 2. The van der Waals surface area contributed by atoms with Gasteiger partial charge >= 0.3 is 0 Å². The van der Waals surface area contributed by atoms with Gasteiger partial charge in [-0.1, -0.05) is 18.2 Å². The molecule has 34 heavy (non-hydrogen) atoms. The number of hydrogen-bond acceptors (Lipinski definition) is 7. The van der Waals surface area contributed by atoms with E-state index in [0.717, 1.165) is 6.07 Å². The van der Waals surface area contributed by atoms with Crippen LogP contribution < -0.4 is 14.8 Å². The number of nitrogens with zero attached hydrogens (tertiary/aromatic N) is 2. The van der Waals surface area contributed by atoms with Gasteiger partial charge in [-0.15, -0.1) is 0 Å². The molecule has 1 aromatic heterocycles. The number of alkyl halides is 2. The fourth-order valence-corrected chi connectivity index (χ4v) is 3.45. The number of fused-ring (bicyclic) bond motifs is 1. The van der Waals surface area contributed by atoms with Gasteiger partial charge in [0.1, 0.15) is 30.2 Å². The standard InChI is InChI=1S/C24H28F3N3O4/c1-14-29-19-10-20(33-5)21(34-13-16(32-4)12-31-3)9-17(19)23(30-14)28-11-15-7-6-8-18(22(15)25)24(2,26)27/h6-10,16H,11-13H2,1-5H3,(H,28,29,30). The molecule has 3 rings (SSSR count). The summed E-state index contributed by atoms with van der Waals surface area (Å²) in [4.78, 5) is 8.86. The first-order valence-electron chi connectivity index (χ1n) is 10.6. The van der Waals surface area contributed by atoms with Crippen molar-refractivity contribution in [3.8, 4) is 11.5 Å². The highest BCUT2D eigenvalue weighted by Gasteiger charge is 2.29. The summed E-state index contributed by atoms with van der Waals surface area (Å²) in [7, 11) is 4.65. The number of aryl methyl sites for hydroxylation is 1.